The third-order valence-corrected chi connectivity index (χ3v) is 4.26. The van der Waals surface area contributed by atoms with Gasteiger partial charge in [0.1, 0.15) is 11.6 Å². The van der Waals surface area contributed by atoms with E-state index < -0.39 is 0 Å². The Bertz CT molecular complexity index is 654. The molecule has 0 aliphatic heterocycles. The SMILES string of the molecule is COc1ccc2c(c1)CCCC2Nc1cccc(F)c1C. The highest BCUT2D eigenvalue weighted by Crippen LogP contribution is 2.35. The van der Waals surface area contributed by atoms with Crippen molar-refractivity contribution in [2.75, 3.05) is 12.4 Å². The zero-order valence-electron chi connectivity index (χ0n) is 12.4. The quantitative estimate of drug-likeness (QED) is 0.887. The lowest BCUT2D eigenvalue weighted by molar-refractivity contribution is 0.413. The average molecular weight is 285 g/mol. The number of benzene rings is 2. The van der Waals surface area contributed by atoms with E-state index in [0.717, 1.165) is 30.7 Å². The normalized spacial score (nSPS) is 17.2. The minimum Gasteiger partial charge on any atom is -0.497 e. The van der Waals surface area contributed by atoms with Gasteiger partial charge in [-0.1, -0.05) is 12.1 Å². The van der Waals surface area contributed by atoms with Crippen LogP contribution in [0.5, 0.6) is 5.75 Å². The van der Waals surface area contributed by atoms with Crippen molar-refractivity contribution < 1.29 is 9.13 Å². The third kappa shape index (κ3) is 2.73. The summed E-state index contributed by atoms with van der Waals surface area (Å²) in [7, 11) is 1.69. The van der Waals surface area contributed by atoms with E-state index in [-0.39, 0.29) is 11.9 Å². The first-order valence-electron chi connectivity index (χ1n) is 7.37. The molecule has 0 saturated carbocycles. The van der Waals surface area contributed by atoms with Crippen LogP contribution in [0.15, 0.2) is 36.4 Å². The molecule has 1 unspecified atom stereocenters. The first-order valence-corrected chi connectivity index (χ1v) is 7.37. The van der Waals surface area contributed by atoms with Crippen molar-refractivity contribution in [3.05, 3.63) is 58.9 Å². The molecule has 3 heteroatoms. The Morgan fingerprint density at radius 3 is 2.90 bits per heavy atom. The number of ether oxygens (including phenoxy) is 1. The summed E-state index contributed by atoms with van der Waals surface area (Å²) < 4.78 is 19.0. The molecule has 2 nitrogen and oxygen atoms in total. The number of methoxy groups -OCH3 is 1. The van der Waals surface area contributed by atoms with E-state index in [9.17, 15) is 4.39 Å². The average Bonchev–Trinajstić information content (AvgIpc) is 2.51. The maximum absolute atomic E-state index is 13.7. The highest BCUT2D eigenvalue weighted by molar-refractivity contribution is 5.54. The molecule has 0 saturated heterocycles. The lowest BCUT2D eigenvalue weighted by Gasteiger charge is -2.28. The molecule has 0 bridgehead atoms. The van der Waals surface area contributed by atoms with Gasteiger partial charge in [0.25, 0.3) is 0 Å². The van der Waals surface area contributed by atoms with Crippen molar-refractivity contribution in [2.45, 2.75) is 32.2 Å². The first kappa shape index (κ1) is 13.9. The molecule has 2 aromatic carbocycles. The second-order valence-corrected chi connectivity index (χ2v) is 5.57. The summed E-state index contributed by atoms with van der Waals surface area (Å²) in [6.07, 6.45) is 3.27. The zero-order valence-corrected chi connectivity index (χ0v) is 12.4. The van der Waals surface area contributed by atoms with Gasteiger partial charge in [-0.3, -0.25) is 0 Å². The van der Waals surface area contributed by atoms with Crippen LogP contribution in [-0.2, 0) is 6.42 Å². The molecule has 0 spiro atoms. The Hall–Kier alpha value is -2.03. The number of nitrogens with one attached hydrogen (secondary N) is 1. The van der Waals surface area contributed by atoms with Gasteiger partial charge in [0, 0.05) is 11.3 Å². The summed E-state index contributed by atoms with van der Waals surface area (Å²) in [5, 5.41) is 3.50. The van der Waals surface area contributed by atoms with Crippen LogP contribution in [0.25, 0.3) is 0 Å². The summed E-state index contributed by atoms with van der Waals surface area (Å²) in [6.45, 7) is 1.81. The lowest BCUT2D eigenvalue weighted by Crippen LogP contribution is -2.18. The lowest BCUT2D eigenvalue weighted by atomic mass is 9.87. The summed E-state index contributed by atoms with van der Waals surface area (Å²) >= 11 is 0. The van der Waals surface area contributed by atoms with E-state index in [4.69, 9.17) is 4.74 Å². The van der Waals surface area contributed by atoms with Crippen LogP contribution in [0.2, 0.25) is 0 Å². The summed E-state index contributed by atoms with van der Waals surface area (Å²) in [6, 6.07) is 11.7. The Morgan fingerprint density at radius 1 is 1.24 bits per heavy atom. The number of hydrogen-bond acceptors (Lipinski definition) is 2. The van der Waals surface area contributed by atoms with Gasteiger partial charge in [-0.05, 0) is 61.6 Å². The molecule has 1 atom stereocenters. The zero-order chi connectivity index (χ0) is 14.8. The van der Waals surface area contributed by atoms with Gasteiger partial charge in [0.05, 0.1) is 13.2 Å². The Morgan fingerprint density at radius 2 is 2.10 bits per heavy atom. The second kappa shape index (κ2) is 5.76. The molecule has 0 amide bonds. The molecule has 21 heavy (non-hydrogen) atoms. The highest BCUT2D eigenvalue weighted by Gasteiger charge is 2.21. The minimum atomic E-state index is -0.161. The van der Waals surface area contributed by atoms with E-state index in [1.54, 1.807) is 13.2 Å². The summed E-state index contributed by atoms with van der Waals surface area (Å²) in [5.41, 5.74) is 4.18. The Kier molecular flexibility index (Phi) is 3.82. The van der Waals surface area contributed by atoms with Gasteiger partial charge in [-0.15, -0.1) is 0 Å². The van der Waals surface area contributed by atoms with Gasteiger partial charge in [0.2, 0.25) is 0 Å². The van der Waals surface area contributed by atoms with Gasteiger partial charge in [-0.25, -0.2) is 4.39 Å². The molecule has 0 fully saturated rings. The van der Waals surface area contributed by atoms with Crippen LogP contribution in [-0.4, -0.2) is 7.11 Å². The maximum atomic E-state index is 13.7. The highest BCUT2D eigenvalue weighted by atomic mass is 19.1. The first-order chi connectivity index (χ1) is 10.2. The predicted octanol–water partition coefficient (Wildman–Crippen LogP) is 4.63. The fourth-order valence-electron chi connectivity index (χ4n) is 3.02. The van der Waals surface area contributed by atoms with Crippen molar-refractivity contribution in [3.8, 4) is 5.75 Å². The second-order valence-electron chi connectivity index (χ2n) is 5.57. The molecule has 1 aliphatic rings. The van der Waals surface area contributed by atoms with Crippen LogP contribution >= 0.6 is 0 Å². The largest absolute Gasteiger partial charge is 0.497 e. The number of fused-ring (bicyclic) bond motifs is 1. The van der Waals surface area contributed by atoms with Crippen molar-refractivity contribution in [2.24, 2.45) is 0 Å². The number of anilines is 1. The number of halogens is 1. The van der Waals surface area contributed by atoms with E-state index in [2.05, 4.69) is 17.4 Å². The molecule has 0 heterocycles. The van der Waals surface area contributed by atoms with Crippen molar-refractivity contribution in [1.82, 2.24) is 0 Å². The molecule has 110 valence electrons. The molecular weight excluding hydrogens is 265 g/mol. The van der Waals surface area contributed by atoms with Gasteiger partial charge >= 0.3 is 0 Å². The molecule has 2 aromatic rings. The van der Waals surface area contributed by atoms with Crippen molar-refractivity contribution in [1.29, 1.82) is 0 Å². The van der Waals surface area contributed by atoms with E-state index in [1.807, 2.05) is 19.1 Å². The van der Waals surface area contributed by atoms with Gasteiger partial charge in [0.15, 0.2) is 0 Å². The van der Waals surface area contributed by atoms with Crippen LogP contribution in [0.4, 0.5) is 10.1 Å². The van der Waals surface area contributed by atoms with Gasteiger partial charge < -0.3 is 10.1 Å². The molecule has 1 aliphatic carbocycles. The van der Waals surface area contributed by atoms with E-state index in [1.165, 1.54) is 17.2 Å². The Labute approximate surface area is 125 Å². The minimum absolute atomic E-state index is 0.161. The number of aryl methyl sites for hydroxylation is 1. The molecule has 3 rings (SSSR count). The fourth-order valence-corrected chi connectivity index (χ4v) is 3.02. The number of hydrogen-bond donors (Lipinski definition) is 1. The van der Waals surface area contributed by atoms with Crippen LogP contribution < -0.4 is 10.1 Å². The maximum Gasteiger partial charge on any atom is 0.128 e. The van der Waals surface area contributed by atoms with E-state index >= 15 is 0 Å². The monoisotopic (exact) mass is 285 g/mol. The van der Waals surface area contributed by atoms with Crippen LogP contribution in [0.1, 0.15) is 35.6 Å². The predicted molar refractivity (Wildman–Crippen MR) is 83.4 cm³/mol. The number of rotatable bonds is 3. The summed E-state index contributed by atoms with van der Waals surface area (Å²) in [4.78, 5) is 0. The smallest absolute Gasteiger partial charge is 0.128 e. The molecule has 0 aromatic heterocycles. The standard InChI is InChI=1S/C18H20FNO/c1-12-16(19)6-4-7-17(12)20-18-8-3-5-13-11-14(21-2)9-10-15(13)18/h4,6-7,9-11,18,20H,3,5,8H2,1-2H3. The van der Waals surface area contributed by atoms with E-state index in [0.29, 0.717) is 5.56 Å². The molecular formula is C18H20FNO. The van der Waals surface area contributed by atoms with Crippen LogP contribution in [0.3, 0.4) is 0 Å². The summed E-state index contributed by atoms with van der Waals surface area (Å²) in [5.74, 6) is 0.738. The fraction of sp³-hybridized carbons (Fsp3) is 0.333. The third-order valence-electron chi connectivity index (χ3n) is 4.26. The van der Waals surface area contributed by atoms with Crippen molar-refractivity contribution >= 4 is 5.69 Å². The molecule has 0 radical (unpaired) electrons. The topological polar surface area (TPSA) is 21.3 Å². The van der Waals surface area contributed by atoms with Crippen LogP contribution in [0, 0.1) is 12.7 Å². The van der Waals surface area contributed by atoms with Crippen molar-refractivity contribution in [3.63, 3.8) is 0 Å². The Balaban J connectivity index is 1.90. The molecule has 1 N–H and O–H groups in total. The van der Waals surface area contributed by atoms with Gasteiger partial charge in [-0.2, -0.15) is 0 Å².